The quantitative estimate of drug-likeness (QED) is 0.882. The van der Waals surface area contributed by atoms with Gasteiger partial charge < -0.3 is 5.11 Å². The highest BCUT2D eigenvalue weighted by molar-refractivity contribution is 9.11. The molecule has 2 aromatic rings. The van der Waals surface area contributed by atoms with Crippen molar-refractivity contribution in [3.63, 3.8) is 0 Å². The number of thiazole rings is 1. The van der Waals surface area contributed by atoms with Crippen molar-refractivity contribution in [3.8, 4) is 0 Å². The first-order chi connectivity index (χ1) is 8.03. The molecule has 0 aliphatic carbocycles. The zero-order chi connectivity index (χ0) is 12.5. The fraction of sp³-hybridized carbons (Fsp3) is 0.125. The molecule has 2 aromatic heterocycles. The number of aliphatic hydroxyl groups excluding tert-OH is 1. The van der Waals surface area contributed by atoms with Gasteiger partial charge in [-0.1, -0.05) is 0 Å². The second-order valence-corrected chi connectivity index (χ2v) is 7.95. The second kappa shape index (κ2) is 5.02. The van der Waals surface area contributed by atoms with Gasteiger partial charge >= 0.3 is 0 Å². The Morgan fingerprint density at radius 3 is 2.82 bits per heavy atom. The van der Waals surface area contributed by atoms with Crippen molar-refractivity contribution < 1.29 is 13.5 Å². The van der Waals surface area contributed by atoms with Crippen LogP contribution in [0.5, 0.6) is 0 Å². The number of hydrogen-bond acceptors (Lipinski definition) is 6. The van der Waals surface area contributed by atoms with Crippen LogP contribution in [0.4, 0.5) is 5.13 Å². The summed E-state index contributed by atoms with van der Waals surface area (Å²) in [5, 5.41) is 11.0. The summed E-state index contributed by atoms with van der Waals surface area (Å²) in [4.78, 5) is 4.54. The Morgan fingerprint density at radius 1 is 1.53 bits per heavy atom. The Labute approximate surface area is 114 Å². The normalized spacial score (nSPS) is 11.6. The molecule has 0 aliphatic rings. The van der Waals surface area contributed by atoms with E-state index in [-0.39, 0.29) is 11.5 Å². The summed E-state index contributed by atoms with van der Waals surface area (Å²) in [5.41, 5.74) is 0. The number of rotatable bonds is 4. The molecule has 2 rings (SSSR count). The van der Waals surface area contributed by atoms with Gasteiger partial charge in [-0.25, -0.2) is 13.4 Å². The van der Waals surface area contributed by atoms with Gasteiger partial charge in [0.05, 0.1) is 10.4 Å². The Bertz CT molecular complexity index is 606. The molecule has 0 saturated heterocycles. The van der Waals surface area contributed by atoms with Crippen LogP contribution < -0.4 is 4.72 Å². The highest BCUT2D eigenvalue weighted by Crippen LogP contribution is 2.32. The standard InChI is InChI=1S/C8H7BrN2O3S3/c9-7-6(3-5(4-12)16-7)17(13,14)11-8-10-1-2-15-8/h1-3,12H,4H2,(H,10,11). The number of nitrogens with one attached hydrogen (secondary N) is 1. The molecule has 0 unspecified atom stereocenters. The predicted octanol–water partition coefficient (Wildman–Crippen LogP) is 2.26. The van der Waals surface area contributed by atoms with Crippen LogP contribution in [0.1, 0.15) is 4.88 Å². The molecule has 0 aromatic carbocycles. The molecule has 0 radical (unpaired) electrons. The lowest BCUT2D eigenvalue weighted by Gasteiger charge is -2.02. The minimum Gasteiger partial charge on any atom is -0.391 e. The minimum atomic E-state index is -3.65. The van der Waals surface area contributed by atoms with E-state index in [4.69, 9.17) is 5.11 Å². The average Bonchev–Trinajstić information content (AvgIpc) is 2.86. The number of nitrogens with zero attached hydrogens (tertiary/aromatic N) is 1. The van der Waals surface area contributed by atoms with Gasteiger partial charge in [-0.2, -0.15) is 0 Å². The zero-order valence-corrected chi connectivity index (χ0v) is 12.3. The second-order valence-electron chi connectivity index (χ2n) is 2.95. The van der Waals surface area contributed by atoms with Gasteiger partial charge in [0.25, 0.3) is 10.0 Å². The van der Waals surface area contributed by atoms with E-state index < -0.39 is 10.0 Å². The maximum Gasteiger partial charge on any atom is 0.265 e. The molecule has 0 spiro atoms. The van der Waals surface area contributed by atoms with Crippen LogP contribution in [0.3, 0.4) is 0 Å². The SMILES string of the molecule is O=S(=O)(Nc1nccs1)c1cc(CO)sc1Br. The molecule has 92 valence electrons. The van der Waals surface area contributed by atoms with E-state index in [1.807, 2.05) is 0 Å². The van der Waals surface area contributed by atoms with Crippen molar-refractivity contribution >= 4 is 53.8 Å². The van der Waals surface area contributed by atoms with Crippen molar-refractivity contribution in [2.45, 2.75) is 11.5 Å². The van der Waals surface area contributed by atoms with E-state index >= 15 is 0 Å². The molecule has 0 atom stereocenters. The molecule has 0 fully saturated rings. The number of aliphatic hydroxyl groups is 1. The molecule has 9 heteroatoms. The molecule has 0 aliphatic heterocycles. The molecule has 17 heavy (non-hydrogen) atoms. The first kappa shape index (κ1) is 13.0. The highest BCUT2D eigenvalue weighted by atomic mass is 79.9. The first-order valence-electron chi connectivity index (χ1n) is 4.34. The van der Waals surface area contributed by atoms with Crippen molar-refractivity contribution in [1.29, 1.82) is 0 Å². The Morgan fingerprint density at radius 2 is 2.29 bits per heavy atom. The van der Waals surface area contributed by atoms with Gasteiger partial charge in [0.2, 0.25) is 0 Å². The van der Waals surface area contributed by atoms with Gasteiger partial charge in [-0.05, 0) is 22.0 Å². The number of halogens is 1. The average molecular weight is 355 g/mol. The number of sulfonamides is 1. The number of thiophene rings is 1. The molecule has 0 amide bonds. The van der Waals surface area contributed by atoms with Crippen molar-refractivity contribution in [3.05, 3.63) is 26.3 Å². The summed E-state index contributed by atoms with van der Waals surface area (Å²) in [6.45, 7) is -0.184. The van der Waals surface area contributed by atoms with Gasteiger partial charge in [0, 0.05) is 16.5 Å². The zero-order valence-electron chi connectivity index (χ0n) is 8.25. The molecule has 2 N–H and O–H groups in total. The van der Waals surface area contributed by atoms with Crippen molar-refractivity contribution in [1.82, 2.24) is 4.98 Å². The van der Waals surface area contributed by atoms with E-state index in [1.165, 1.54) is 34.9 Å². The van der Waals surface area contributed by atoms with Crippen LogP contribution in [-0.2, 0) is 16.6 Å². The van der Waals surface area contributed by atoms with E-state index in [0.29, 0.717) is 13.8 Å². The molecular formula is C8H7BrN2O3S3. The van der Waals surface area contributed by atoms with Crippen molar-refractivity contribution in [2.75, 3.05) is 4.72 Å². The molecule has 5 nitrogen and oxygen atoms in total. The molecule has 2 heterocycles. The van der Waals surface area contributed by atoms with Crippen LogP contribution in [0.2, 0.25) is 0 Å². The predicted molar refractivity (Wildman–Crippen MR) is 70.9 cm³/mol. The van der Waals surface area contributed by atoms with Crippen LogP contribution in [0.25, 0.3) is 0 Å². The minimum absolute atomic E-state index is 0.113. The van der Waals surface area contributed by atoms with Gasteiger partial charge in [0.15, 0.2) is 5.13 Å². The van der Waals surface area contributed by atoms with E-state index in [2.05, 4.69) is 25.6 Å². The summed E-state index contributed by atoms with van der Waals surface area (Å²) >= 11 is 5.55. The Hall–Kier alpha value is -0.480. The summed E-state index contributed by atoms with van der Waals surface area (Å²) < 4.78 is 26.8. The van der Waals surface area contributed by atoms with E-state index in [0.717, 1.165) is 0 Å². The summed E-state index contributed by atoms with van der Waals surface area (Å²) in [6.07, 6.45) is 1.52. The van der Waals surface area contributed by atoms with Crippen LogP contribution >= 0.6 is 38.6 Å². The van der Waals surface area contributed by atoms with Gasteiger partial charge in [-0.3, -0.25) is 4.72 Å². The Kier molecular flexibility index (Phi) is 3.83. The lowest BCUT2D eigenvalue weighted by Crippen LogP contribution is -2.12. The van der Waals surface area contributed by atoms with Crippen LogP contribution in [0, 0.1) is 0 Å². The van der Waals surface area contributed by atoms with Crippen LogP contribution in [0.15, 0.2) is 26.3 Å². The first-order valence-corrected chi connectivity index (χ1v) is 8.31. The smallest absolute Gasteiger partial charge is 0.265 e. The van der Waals surface area contributed by atoms with Crippen molar-refractivity contribution in [2.24, 2.45) is 0 Å². The Balaban J connectivity index is 2.34. The maximum atomic E-state index is 12.0. The van der Waals surface area contributed by atoms with Gasteiger partial charge in [-0.15, -0.1) is 22.7 Å². The third kappa shape index (κ3) is 2.86. The summed E-state index contributed by atoms with van der Waals surface area (Å²) in [6, 6.07) is 1.44. The molecular weight excluding hydrogens is 348 g/mol. The number of anilines is 1. The van der Waals surface area contributed by atoms with Crippen LogP contribution in [-0.4, -0.2) is 18.5 Å². The lowest BCUT2D eigenvalue weighted by molar-refractivity contribution is 0.285. The van der Waals surface area contributed by atoms with E-state index in [1.54, 1.807) is 5.38 Å². The van der Waals surface area contributed by atoms with E-state index in [9.17, 15) is 8.42 Å². The van der Waals surface area contributed by atoms with Gasteiger partial charge in [0.1, 0.15) is 4.90 Å². The fourth-order valence-electron chi connectivity index (χ4n) is 1.10. The summed E-state index contributed by atoms with van der Waals surface area (Å²) in [7, 11) is -3.65. The summed E-state index contributed by atoms with van der Waals surface area (Å²) in [5.74, 6) is 0. The molecule has 0 saturated carbocycles. The largest absolute Gasteiger partial charge is 0.391 e. The number of hydrogen-bond donors (Lipinski definition) is 2. The fourth-order valence-corrected chi connectivity index (χ4v) is 5.44. The maximum absolute atomic E-state index is 12.0. The lowest BCUT2D eigenvalue weighted by atomic mass is 10.5. The third-order valence-electron chi connectivity index (χ3n) is 1.81. The molecule has 0 bridgehead atoms. The third-order valence-corrected chi connectivity index (χ3v) is 6.20. The monoisotopic (exact) mass is 354 g/mol. The number of aromatic nitrogens is 1. The topological polar surface area (TPSA) is 79.3 Å². The highest BCUT2D eigenvalue weighted by Gasteiger charge is 2.21.